The second kappa shape index (κ2) is 15.6. The lowest BCUT2D eigenvalue weighted by atomic mass is 10.0. The largest absolute Gasteiger partial charge is 0.490 e. The van der Waals surface area contributed by atoms with Gasteiger partial charge < -0.3 is 28.4 Å². The van der Waals surface area contributed by atoms with Crippen molar-refractivity contribution in [3.8, 4) is 45.6 Å². The summed E-state index contributed by atoms with van der Waals surface area (Å²) in [6.07, 6.45) is 0. The zero-order valence-corrected chi connectivity index (χ0v) is 36.9. The second-order valence-electron chi connectivity index (χ2n) is 15.9. The van der Waals surface area contributed by atoms with Gasteiger partial charge in [-0.05, 0) is 90.7 Å². The summed E-state index contributed by atoms with van der Waals surface area (Å²) in [5, 5.41) is 6.93. The maximum atomic E-state index is 7.02. The van der Waals surface area contributed by atoms with Gasteiger partial charge in [-0.15, -0.1) is 0 Å². The number of hydrogen-bond donors (Lipinski definition) is 0. The van der Waals surface area contributed by atoms with Crippen molar-refractivity contribution >= 4 is 47.7 Å². The van der Waals surface area contributed by atoms with Gasteiger partial charge in [0.05, 0.1) is 13.2 Å². The average molecular weight is 811 g/mol. The summed E-state index contributed by atoms with van der Waals surface area (Å²) in [5.41, 5.74) is 6.60. The van der Waals surface area contributed by atoms with Gasteiger partial charge in [-0.3, -0.25) is 0 Å². The van der Waals surface area contributed by atoms with Gasteiger partial charge in [0.2, 0.25) is 23.1 Å². The molecule has 0 saturated carbocycles. The maximum Gasteiger partial charge on any atom is 0.246 e. The van der Waals surface area contributed by atoms with Gasteiger partial charge in [-0.1, -0.05) is 119 Å². The van der Waals surface area contributed by atoms with E-state index in [1.54, 1.807) is 0 Å². The Morgan fingerprint density at radius 2 is 0.672 bits per heavy atom. The smallest absolute Gasteiger partial charge is 0.246 e. The first kappa shape index (κ1) is 39.8. The van der Waals surface area contributed by atoms with Crippen molar-refractivity contribution in [2.75, 3.05) is 13.2 Å². The Hall–Kier alpha value is -5.02. The molecule has 0 unspecified atom stereocenters. The fraction of sp³-hybridized carbons (Fsp3) is 0.280. The molecule has 8 rings (SSSR count). The standard InChI is InChI=1S/C50H52O6P2/c1-11-51-39-29-41(57(35-21-13-31(3)14-22-35)36-23-15-32(4)16-24-36)43(47-45(39)53-49(7,8)55-47)44-42(30-40(52-12-2)46-48(44)56-50(9,10)54-46)58(37-25-17-33(5)18-26-37)38-27-19-34(6)20-28-38/h13-30H,11-12H2,1-10H3. The molecule has 0 saturated heterocycles. The normalized spacial score (nSPS) is 14.6. The van der Waals surface area contributed by atoms with E-state index in [4.69, 9.17) is 28.4 Å². The van der Waals surface area contributed by atoms with Gasteiger partial charge in [0.1, 0.15) is 0 Å². The molecule has 298 valence electrons. The molecule has 2 aliphatic heterocycles. The van der Waals surface area contributed by atoms with Crippen LogP contribution in [0.1, 0.15) is 63.8 Å². The minimum Gasteiger partial charge on any atom is -0.490 e. The second-order valence-corrected chi connectivity index (χ2v) is 20.3. The van der Waals surface area contributed by atoms with Crippen molar-refractivity contribution in [1.82, 2.24) is 0 Å². The SMILES string of the molecule is CCOc1cc(P(c2ccc(C)cc2)c2ccc(C)cc2)c(-c2c(P(c3ccc(C)cc3)c3ccc(C)cc3)cc(OCC)c3c2OC(C)(C)O3)c2c1OC(C)(C)O2. The number of ether oxygens (including phenoxy) is 6. The first-order valence-corrected chi connectivity index (χ1v) is 22.7. The van der Waals surface area contributed by atoms with Gasteiger partial charge in [-0.25, -0.2) is 0 Å². The fourth-order valence-electron chi connectivity index (χ4n) is 7.61. The highest BCUT2D eigenvalue weighted by Crippen LogP contribution is 2.60. The molecule has 2 aliphatic rings. The Bertz CT molecular complexity index is 2190. The van der Waals surface area contributed by atoms with Crippen LogP contribution in [0, 0.1) is 27.7 Å². The first-order valence-electron chi connectivity index (χ1n) is 20.1. The summed E-state index contributed by atoms with van der Waals surface area (Å²) < 4.78 is 40.4. The first-order chi connectivity index (χ1) is 27.8. The van der Waals surface area contributed by atoms with Gasteiger partial charge in [0.15, 0.2) is 23.0 Å². The van der Waals surface area contributed by atoms with Crippen LogP contribution < -0.4 is 60.2 Å². The highest BCUT2D eigenvalue weighted by atomic mass is 31.1. The van der Waals surface area contributed by atoms with E-state index < -0.39 is 27.4 Å². The van der Waals surface area contributed by atoms with Crippen LogP contribution in [0.3, 0.4) is 0 Å². The van der Waals surface area contributed by atoms with Gasteiger partial charge in [-0.2, -0.15) is 0 Å². The van der Waals surface area contributed by atoms with E-state index >= 15 is 0 Å². The van der Waals surface area contributed by atoms with Gasteiger partial charge in [0.25, 0.3) is 0 Å². The molecule has 0 spiro atoms. The van der Waals surface area contributed by atoms with Crippen LogP contribution in [0.15, 0.2) is 109 Å². The van der Waals surface area contributed by atoms with E-state index in [0.29, 0.717) is 47.7 Å². The third-order valence-corrected chi connectivity index (χ3v) is 15.2. The van der Waals surface area contributed by atoms with E-state index in [9.17, 15) is 0 Å². The van der Waals surface area contributed by atoms with Crippen molar-refractivity contribution in [2.45, 2.75) is 80.8 Å². The fourth-order valence-corrected chi connectivity index (χ4v) is 12.5. The molecule has 0 aliphatic carbocycles. The van der Waals surface area contributed by atoms with Crippen LogP contribution in [-0.2, 0) is 0 Å². The summed E-state index contributed by atoms with van der Waals surface area (Å²) >= 11 is 0. The maximum absolute atomic E-state index is 7.02. The highest BCUT2D eigenvalue weighted by Gasteiger charge is 2.45. The third-order valence-electron chi connectivity index (χ3n) is 10.3. The molecule has 58 heavy (non-hydrogen) atoms. The van der Waals surface area contributed by atoms with Gasteiger partial charge in [0, 0.05) is 49.4 Å². The van der Waals surface area contributed by atoms with E-state index in [2.05, 4.69) is 137 Å². The third kappa shape index (κ3) is 7.66. The molecule has 2 heterocycles. The highest BCUT2D eigenvalue weighted by molar-refractivity contribution is 7.80. The van der Waals surface area contributed by atoms with Crippen molar-refractivity contribution in [2.24, 2.45) is 0 Å². The van der Waals surface area contributed by atoms with E-state index in [-0.39, 0.29) is 0 Å². The zero-order valence-electron chi connectivity index (χ0n) is 35.2. The predicted molar refractivity (Wildman–Crippen MR) is 241 cm³/mol. The van der Waals surface area contributed by atoms with Crippen LogP contribution in [0.5, 0.6) is 34.5 Å². The lowest BCUT2D eigenvalue weighted by Gasteiger charge is -2.29. The monoisotopic (exact) mass is 810 g/mol. The Labute approximate surface area is 345 Å². The Morgan fingerprint density at radius 1 is 0.414 bits per heavy atom. The number of benzene rings is 6. The molecule has 8 heteroatoms. The summed E-state index contributed by atoms with van der Waals surface area (Å²) in [6, 6.07) is 40.1. The number of rotatable bonds is 11. The van der Waals surface area contributed by atoms with Crippen molar-refractivity contribution in [3.05, 3.63) is 131 Å². The van der Waals surface area contributed by atoms with Crippen LogP contribution in [0.25, 0.3) is 11.1 Å². The minimum absolute atomic E-state index is 0.461. The quantitative estimate of drug-likeness (QED) is 0.122. The molecule has 0 radical (unpaired) electrons. The molecule has 6 aromatic carbocycles. The summed E-state index contributed by atoms with van der Waals surface area (Å²) in [5.74, 6) is 1.76. The van der Waals surface area contributed by atoms with Crippen LogP contribution in [0.4, 0.5) is 0 Å². The Balaban J connectivity index is 1.57. The molecular weight excluding hydrogens is 758 g/mol. The summed E-state index contributed by atoms with van der Waals surface area (Å²) in [6.45, 7) is 21.3. The number of hydrogen-bond acceptors (Lipinski definition) is 6. The Kier molecular flexibility index (Phi) is 10.7. The summed E-state index contributed by atoms with van der Waals surface area (Å²) in [7, 11) is -2.42. The molecule has 0 fully saturated rings. The zero-order chi connectivity index (χ0) is 40.9. The molecule has 0 aromatic heterocycles. The van der Waals surface area contributed by atoms with Gasteiger partial charge >= 0.3 is 0 Å². The van der Waals surface area contributed by atoms with Crippen molar-refractivity contribution in [3.63, 3.8) is 0 Å². The minimum atomic E-state index is -1.21. The van der Waals surface area contributed by atoms with Crippen LogP contribution in [-0.4, -0.2) is 24.8 Å². The Morgan fingerprint density at radius 3 is 0.931 bits per heavy atom. The molecular formula is C50H52O6P2. The molecule has 0 amide bonds. The molecule has 0 atom stereocenters. The van der Waals surface area contributed by atoms with Crippen LogP contribution >= 0.6 is 15.8 Å². The molecule has 6 nitrogen and oxygen atoms in total. The lowest BCUT2D eigenvalue weighted by molar-refractivity contribution is -0.0450. The van der Waals surface area contributed by atoms with Crippen molar-refractivity contribution < 1.29 is 28.4 Å². The number of fused-ring (bicyclic) bond motifs is 2. The summed E-state index contributed by atoms with van der Waals surface area (Å²) in [4.78, 5) is 0. The molecule has 0 N–H and O–H groups in total. The average Bonchev–Trinajstić information content (AvgIpc) is 3.70. The van der Waals surface area contributed by atoms with E-state index in [1.165, 1.54) is 43.5 Å². The van der Waals surface area contributed by atoms with E-state index in [0.717, 1.165) is 21.7 Å². The van der Waals surface area contributed by atoms with Crippen molar-refractivity contribution in [1.29, 1.82) is 0 Å². The molecule has 6 aromatic rings. The lowest BCUT2D eigenvalue weighted by Crippen LogP contribution is -2.31. The predicted octanol–water partition coefficient (Wildman–Crippen LogP) is 9.92. The number of aryl methyl sites for hydroxylation is 4. The topological polar surface area (TPSA) is 55.4 Å². The van der Waals surface area contributed by atoms with E-state index in [1.807, 2.05) is 41.5 Å². The van der Waals surface area contributed by atoms with Crippen LogP contribution in [0.2, 0.25) is 0 Å². The molecule has 0 bridgehead atoms.